The van der Waals surface area contributed by atoms with Gasteiger partial charge in [0, 0.05) is 19.2 Å². The van der Waals surface area contributed by atoms with Gasteiger partial charge in [-0.2, -0.15) is 0 Å². The second-order valence-corrected chi connectivity index (χ2v) is 5.97. The third-order valence-electron chi connectivity index (χ3n) is 3.98. The van der Waals surface area contributed by atoms with Gasteiger partial charge in [-0.25, -0.2) is 0 Å². The molecule has 0 fully saturated rings. The van der Waals surface area contributed by atoms with Gasteiger partial charge in [0.2, 0.25) is 0 Å². The van der Waals surface area contributed by atoms with Gasteiger partial charge in [0.1, 0.15) is 0 Å². The standard InChI is InChI=1S/C22H29NO/c1-6-9-11-14-19(7-2)21(8-3)22(24)23(5)17-18(4)20-15-12-10-13-16-20/h7-8,10-16,18H,2-3,6,9,17H2,1,4-5H3/b14-11+,21-19-. The van der Waals surface area contributed by atoms with Crippen LogP contribution in [0, 0.1) is 0 Å². The van der Waals surface area contributed by atoms with E-state index >= 15 is 0 Å². The average molecular weight is 323 g/mol. The van der Waals surface area contributed by atoms with Crippen molar-refractivity contribution < 1.29 is 4.79 Å². The molecule has 24 heavy (non-hydrogen) atoms. The molecule has 1 unspecified atom stereocenters. The number of nitrogens with zero attached hydrogens (tertiary/aromatic N) is 1. The van der Waals surface area contributed by atoms with E-state index in [0.29, 0.717) is 12.1 Å². The number of carbonyl (C=O) groups is 1. The molecule has 1 aromatic carbocycles. The van der Waals surface area contributed by atoms with Gasteiger partial charge in [0.05, 0.1) is 0 Å². The van der Waals surface area contributed by atoms with Gasteiger partial charge in [-0.3, -0.25) is 4.79 Å². The first-order valence-corrected chi connectivity index (χ1v) is 8.51. The van der Waals surface area contributed by atoms with E-state index in [2.05, 4.69) is 45.2 Å². The van der Waals surface area contributed by atoms with Crippen LogP contribution in [0.4, 0.5) is 0 Å². The summed E-state index contributed by atoms with van der Waals surface area (Å²) in [7, 11) is 1.84. The van der Waals surface area contributed by atoms with Crippen LogP contribution in [-0.4, -0.2) is 24.4 Å². The van der Waals surface area contributed by atoms with Crippen molar-refractivity contribution in [1.29, 1.82) is 0 Å². The molecule has 1 atom stereocenters. The summed E-state index contributed by atoms with van der Waals surface area (Å²) in [6.07, 6.45) is 9.43. The van der Waals surface area contributed by atoms with Crippen LogP contribution in [-0.2, 0) is 4.79 Å². The summed E-state index contributed by atoms with van der Waals surface area (Å²) in [5, 5.41) is 0. The zero-order chi connectivity index (χ0) is 17.9. The van der Waals surface area contributed by atoms with Gasteiger partial charge in [-0.1, -0.05) is 88.1 Å². The monoisotopic (exact) mass is 323 g/mol. The Morgan fingerprint density at radius 3 is 2.42 bits per heavy atom. The lowest BCUT2D eigenvalue weighted by Crippen LogP contribution is -2.31. The van der Waals surface area contributed by atoms with Gasteiger partial charge in [0.15, 0.2) is 0 Å². The highest BCUT2D eigenvalue weighted by Gasteiger charge is 2.17. The highest BCUT2D eigenvalue weighted by molar-refractivity contribution is 5.97. The summed E-state index contributed by atoms with van der Waals surface area (Å²) in [4.78, 5) is 14.5. The smallest absolute Gasteiger partial charge is 0.254 e. The van der Waals surface area contributed by atoms with Crippen molar-refractivity contribution in [2.45, 2.75) is 32.6 Å². The van der Waals surface area contributed by atoms with Crippen molar-refractivity contribution in [3.8, 4) is 0 Å². The second-order valence-electron chi connectivity index (χ2n) is 5.97. The van der Waals surface area contributed by atoms with Crippen LogP contribution in [0.5, 0.6) is 0 Å². The van der Waals surface area contributed by atoms with Gasteiger partial charge in [0.25, 0.3) is 5.91 Å². The number of hydrogen-bond donors (Lipinski definition) is 0. The summed E-state index contributed by atoms with van der Waals surface area (Å²) in [6, 6.07) is 10.2. The van der Waals surface area contributed by atoms with Crippen molar-refractivity contribution in [3.05, 3.63) is 84.5 Å². The molecule has 0 aliphatic heterocycles. The second kappa shape index (κ2) is 10.4. The molecule has 1 amide bonds. The van der Waals surface area contributed by atoms with Gasteiger partial charge in [-0.05, 0) is 23.5 Å². The minimum Gasteiger partial charge on any atom is -0.341 e. The summed E-state index contributed by atoms with van der Waals surface area (Å²) >= 11 is 0. The molecule has 0 radical (unpaired) electrons. The maximum atomic E-state index is 12.8. The quantitative estimate of drug-likeness (QED) is 0.447. The molecule has 0 heterocycles. The maximum Gasteiger partial charge on any atom is 0.254 e. The molecular weight excluding hydrogens is 294 g/mol. The summed E-state index contributed by atoms with van der Waals surface area (Å²) in [6.45, 7) is 12.6. The Kier molecular flexibility index (Phi) is 8.56. The molecule has 0 saturated carbocycles. The molecular formula is C22H29NO. The largest absolute Gasteiger partial charge is 0.341 e. The van der Waals surface area contributed by atoms with Crippen LogP contribution in [0.1, 0.15) is 38.2 Å². The van der Waals surface area contributed by atoms with E-state index in [4.69, 9.17) is 0 Å². The van der Waals surface area contributed by atoms with E-state index < -0.39 is 0 Å². The Labute approximate surface area is 146 Å². The van der Waals surface area contributed by atoms with Crippen molar-refractivity contribution in [2.24, 2.45) is 0 Å². The summed E-state index contributed by atoms with van der Waals surface area (Å²) in [5.41, 5.74) is 2.65. The van der Waals surface area contributed by atoms with Gasteiger partial charge < -0.3 is 4.90 Å². The molecule has 0 saturated heterocycles. The number of carbonyl (C=O) groups excluding carboxylic acids is 1. The number of benzene rings is 1. The Morgan fingerprint density at radius 1 is 1.21 bits per heavy atom. The lowest BCUT2D eigenvalue weighted by Gasteiger charge is -2.23. The molecule has 0 aliphatic carbocycles. The molecule has 1 aromatic rings. The molecule has 2 nitrogen and oxygen atoms in total. The Bertz CT molecular complexity index is 610. The van der Waals surface area contributed by atoms with Crippen molar-refractivity contribution in [2.75, 3.05) is 13.6 Å². The molecule has 0 spiro atoms. The zero-order valence-electron chi connectivity index (χ0n) is 15.2. The fraction of sp³-hybridized carbons (Fsp3) is 0.318. The van der Waals surface area contributed by atoms with Crippen LogP contribution in [0.25, 0.3) is 0 Å². The minimum absolute atomic E-state index is 0.0242. The normalized spacial score (nSPS) is 13.3. The minimum atomic E-state index is -0.0242. The summed E-state index contributed by atoms with van der Waals surface area (Å²) in [5.74, 6) is 0.248. The summed E-state index contributed by atoms with van der Waals surface area (Å²) < 4.78 is 0. The number of rotatable bonds is 9. The van der Waals surface area contributed by atoms with E-state index in [1.807, 2.05) is 31.3 Å². The third kappa shape index (κ3) is 5.69. The lowest BCUT2D eigenvalue weighted by molar-refractivity contribution is -0.125. The molecule has 128 valence electrons. The number of hydrogen-bond acceptors (Lipinski definition) is 1. The van der Waals surface area contributed by atoms with Crippen molar-refractivity contribution in [1.82, 2.24) is 4.90 Å². The highest BCUT2D eigenvalue weighted by atomic mass is 16.2. The predicted octanol–water partition coefficient (Wildman–Crippen LogP) is 5.27. The van der Waals surface area contributed by atoms with Gasteiger partial charge in [-0.15, -0.1) is 0 Å². The Morgan fingerprint density at radius 2 is 1.88 bits per heavy atom. The van der Waals surface area contributed by atoms with Crippen LogP contribution < -0.4 is 0 Å². The third-order valence-corrected chi connectivity index (χ3v) is 3.98. The SMILES string of the molecule is C=CC(/C=C/CCC)=C(\C=C)C(=O)N(C)CC(C)c1ccccc1. The molecule has 0 aromatic heterocycles. The van der Waals surface area contributed by atoms with E-state index in [1.165, 1.54) is 5.56 Å². The molecule has 0 aliphatic rings. The predicted molar refractivity (Wildman–Crippen MR) is 104 cm³/mol. The maximum absolute atomic E-state index is 12.8. The van der Waals surface area contributed by atoms with E-state index in [9.17, 15) is 4.79 Å². The molecule has 2 heteroatoms. The highest BCUT2D eigenvalue weighted by Crippen LogP contribution is 2.18. The number of unbranched alkanes of at least 4 members (excludes halogenated alkanes) is 1. The first kappa shape index (κ1) is 19.7. The molecule has 1 rings (SSSR count). The molecule has 0 bridgehead atoms. The van der Waals surface area contributed by atoms with Crippen LogP contribution in [0.3, 0.4) is 0 Å². The van der Waals surface area contributed by atoms with Crippen LogP contribution in [0.15, 0.2) is 78.9 Å². The van der Waals surface area contributed by atoms with Crippen LogP contribution >= 0.6 is 0 Å². The van der Waals surface area contributed by atoms with Crippen molar-refractivity contribution in [3.63, 3.8) is 0 Å². The van der Waals surface area contributed by atoms with Gasteiger partial charge >= 0.3 is 0 Å². The van der Waals surface area contributed by atoms with Crippen LogP contribution in [0.2, 0.25) is 0 Å². The fourth-order valence-electron chi connectivity index (χ4n) is 2.56. The average Bonchev–Trinajstić information content (AvgIpc) is 2.61. The van der Waals surface area contributed by atoms with Crippen molar-refractivity contribution >= 4 is 5.91 Å². The number of allylic oxidation sites excluding steroid dienone is 4. The van der Waals surface area contributed by atoms with E-state index in [0.717, 1.165) is 18.4 Å². The Balaban J connectivity index is 2.91. The first-order chi connectivity index (χ1) is 11.5. The number of likely N-dealkylation sites (N-methyl/N-ethyl adjacent to an activating group) is 1. The zero-order valence-corrected chi connectivity index (χ0v) is 15.2. The Hall–Kier alpha value is -2.35. The lowest BCUT2D eigenvalue weighted by atomic mass is 10.00. The first-order valence-electron chi connectivity index (χ1n) is 8.51. The van der Waals surface area contributed by atoms with E-state index in [-0.39, 0.29) is 11.8 Å². The number of amides is 1. The topological polar surface area (TPSA) is 20.3 Å². The molecule has 0 N–H and O–H groups in total. The van der Waals surface area contributed by atoms with E-state index in [1.54, 1.807) is 17.1 Å². The fourth-order valence-corrected chi connectivity index (χ4v) is 2.56.